The lowest BCUT2D eigenvalue weighted by atomic mass is 10.2. The number of methoxy groups -OCH3 is 2. The topological polar surface area (TPSA) is 103 Å². The van der Waals surface area contributed by atoms with E-state index in [0.29, 0.717) is 40.6 Å². The van der Waals surface area contributed by atoms with Crippen molar-refractivity contribution in [1.29, 1.82) is 0 Å². The first kappa shape index (κ1) is 26.6. The number of amides is 2. The van der Waals surface area contributed by atoms with Gasteiger partial charge in [-0.2, -0.15) is 0 Å². The molecule has 0 spiro atoms. The molecule has 0 aliphatic heterocycles. The van der Waals surface area contributed by atoms with E-state index in [1.807, 2.05) is 12.1 Å². The SMILES string of the molecule is CCOC(=O)c1ccc(NC(=O)C(C)Sc2cccc(NC(=O)c3ccc(OC)c(OC)c3)c2)cc1. The summed E-state index contributed by atoms with van der Waals surface area (Å²) in [5, 5.41) is 5.30. The van der Waals surface area contributed by atoms with E-state index in [1.54, 1.807) is 68.4 Å². The molecular formula is C27H28N2O6S. The van der Waals surface area contributed by atoms with Crippen LogP contribution in [0.2, 0.25) is 0 Å². The van der Waals surface area contributed by atoms with Gasteiger partial charge in [-0.25, -0.2) is 4.79 Å². The third kappa shape index (κ3) is 7.02. The molecule has 36 heavy (non-hydrogen) atoms. The molecule has 1 atom stereocenters. The van der Waals surface area contributed by atoms with Gasteiger partial charge >= 0.3 is 5.97 Å². The first-order valence-electron chi connectivity index (χ1n) is 11.2. The predicted molar refractivity (Wildman–Crippen MR) is 140 cm³/mol. The van der Waals surface area contributed by atoms with Crippen molar-refractivity contribution in [3.8, 4) is 11.5 Å². The third-order valence-electron chi connectivity index (χ3n) is 5.08. The van der Waals surface area contributed by atoms with E-state index in [9.17, 15) is 14.4 Å². The molecule has 0 saturated carbocycles. The number of carbonyl (C=O) groups excluding carboxylic acids is 3. The van der Waals surface area contributed by atoms with Crippen LogP contribution in [0.3, 0.4) is 0 Å². The number of ether oxygens (including phenoxy) is 3. The number of hydrogen-bond acceptors (Lipinski definition) is 7. The Bertz CT molecular complexity index is 1230. The lowest BCUT2D eigenvalue weighted by Gasteiger charge is -2.14. The normalized spacial score (nSPS) is 11.2. The monoisotopic (exact) mass is 508 g/mol. The molecule has 188 valence electrons. The second-order valence-electron chi connectivity index (χ2n) is 7.60. The lowest BCUT2D eigenvalue weighted by Crippen LogP contribution is -2.22. The minimum absolute atomic E-state index is 0.191. The van der Waals surface area contributed by atoms with Gasteiger partial charge in [0, 0.05) is 21.8 Å². The molecule has 3 rings (SSSR count). The van der Waals surface area contributed by atoms with Gasteiger partial charge in [-0.15, -0.1) is 11.8 Å². The van der Waals surface area contributed by atoms with Crippen molar-refractivity contribution in [2.45, 2.75) is 24.0 Å². The van der Waals surface area contributed by atoms with Crippen molar-refractivity contribution in [1.82, 2.24) is 0 Å². The fraction of sp³-hybridized carbons (Fsp3) is 0.222. The molecule has 0 aliphatic rings. The van der Waals surface area contributed by atoms with Crippen LogP contribution in [-0.2, 0) is 9.53 Å². The summed E-state index contributed by atoms with van der Waals surface area (Å²) in [4.78, 5) is 38.0. The Hall–Kier alpha value is -3.98. The first-order valence-corrected chi connectivity index (χ1v) is 12.1. The average Bonchev–Trinajstić information content (AvgIpc) is 2.88. The first-order chi connectivity index (χ1) is 17.3. The maximum Gasteiger partial charge on any atom is 0.338 e. The van der Waals surface area contributed by atoms with Crippen molar-refractivity contribution >= 4 is 40.9 Å². The highest BCUT2D eigenvalue weighted by Gasteiger charge is 2.16. The number of nitrogens with one attached hydrogen (secondary N) is 2. The van der Waals surface area contributed by atoms with Gasteiger partial charge in [0.2, 0.25) is 5.91 Å². The molecule has 0 aromatic heterocycles. The summed E-state index contributed by atoms with van der Waals surface area (Å²) in [5.74, 6) is 0.107. The minimum atomic E-state index is -0.411. The molecule has 0 heterocycles. The van der Waals surface area contributed by atoms with Crippen LogP contribution in [0, 0.1) is 0 Å². The van der Waals surface area contributed by atoms with Crippen molar-refractivity contribution in [2.75, 3.05) is 31.5 Å². The Morgan fingerprint density at radius 2 is 1.53 bits per heavy atom. The van der Waals surface area contributed by atoms with Crippen molar-refractivity contribution in [2.24, 2.45) is 0 Å². The van der Waals surface area contributed by atoms with E-state index in [4.69, 9.17) is 14.2 Å². The standard InChI is InChI=1S/C27H28N2O6S/c1-5-35-27(32)18-9-12-20(13-10-18)28-25(30)17(2)36-22-8-6-7-21(16-22)29-26(31)19-11-14-23(33-3)24(15-19)34-4/h6-17H,5H2,1-4H3,(H,28,30)(H,29,31). The molecule has 0 saturated heterocycles. The van der Waals surface area contributed by atoms with Gasteiger partial charge in [0.1, 0.15) is 0 Å². The molecule has 9 heteroatoms. The molecule has 3 aromatic carbocycles. The summed E-state index contributed by atoms with van der Waals surface area (Å²) in [6.45, 7) is 3.84. The number of thioether (sulfide) groups is 1. The maximum atomic E-state index is 12.7. The van der Waals surface area contributed by atoms with Gasteiger partial charge in [-0.3, -0.25) is 9.59 Å². The molecule has 1 unspecified atom stereocenters. The highest BCUT2D eigenvalue weighted by Crippen LogP contribution is 2.29. The summed E-state index contributed by atoms with van der Waals surface area (Å²) < 4.78 is 15.4. The maximum absolute atomic E-state index is 12.7. The summed E-state index contributed by atoms with van der Waals surface area (Å²) in [7, 11) is 3.04. The Morgan fingerprint density at radius 3 is 2.19 bits per heavy atom. The van der Waals surface area contributed by atoms with Gasteiger partial charge in [0.05, 0.1) is 31.6 Å². The molecule has 8 nitrogen and oxygen atoms in total. The van der Waals surface area contributed by atoms with Crippen LogP contribution in [0.5, 0.6) is 11.5 Å². The van der Waals surface area contributed by atoms with E-state index in [0.717, 1.165) is 4.90 Å². The zero-order chi connectivity index (χ0) is 26.1. The number of carbonyl (C=O) groups is 3. The van der Waals surface area contributed by atoms with E-state index in [1.165, 1.54) is 26.0 Å². The fourth-order valence-electron chi connectivity index (χ4n) is 3.23. The van der Waals surface area contributed by atoms with Gasteiger partial charge in [-0.1, -0.05) is 6.07 Å². The largest absolute Gasteiger partial charge is 0.493 e. The molecule has 2 amide bonds. The average molecular weight is 509 g/mol. The zero-order valence-corrected chi connectivity index (χ0v) is 21.3. The molecule has 0 fully saturated rings. The Morgan fingerprint density at radius 1 is 0.833 bits per heavy atom. The minimum Gasteiger partial charge on any atom is -0.493 e. The van der Waals surface area contributed by atoms with Crippen LogP contribution in [0.25, 0.3) is 0 Å². The fourth-order valence-corrected chi connectivity index (χ4v) is 4.16. The van der Waals surface area contributed by atoms with Crippen LogP contribution in [-0.4, -0.2) is 43.9 Å². The number of hydrogen-bond donors (Lipinski definition) is 2. The number of benzene rings is 3. The Labute approximate surface area is 214 Å². The summed E-state index contributed by atoms with van der Waals surface area (Å²) >= 11 is 1.36. The Kier molecular flexibility index (Phi) is 9.35. The smallest absolute Gasteiger partial charge is 0.338 e. The molecular weight excluding hydrogens is 480 g/mol. The van der Waals surface area contributed by atoms with Crippen LogP contribution in [0.4, 0.5) is 11.4 Å². The van der Waals surface area contributed by atoms with Gasteiger partial charge < -0.3 is 24.8 Å². The van der Waals surface area contributed by atoms with Crippen molar-refractivity contribution in [3.63, 3.8) is 0 Å². The summed E-state index contributed by atoms with van der Waals surface area (Å²) in [6, 6.07) is 18.7. The predicted octanol–water partition coefficient (Wildman–Crippen LogP) is 5.25. The third-order valence-corrected chi connectivity index (χ3v) is 6.18. The molecule has 2 N–H and O–H groups in total. The molecule has 0 radical (unpaired) electrons. The number of esters is 1. The van der Waals surface area contributed by atoms with Crippen molar-refractivity contribution < 1.29 is 28.6 Å². The van der Waals surface area contributed by atoms with E-state index in [2.05, 4.69) is 10.6 Å². The van der Waals surface area contributed by atoms with Gasteiger partial charge in [0.25, 0.3) is 5.91 Å². The zero-order valence-electron chi connectivity index (χ0n) is 20.5. The van der Waals surface area contributed by atoms with E-state index < -0.39 is 11.2 Å². The van der Waals surface area contributed by atoms with E-state index in [-0.39, 0.29) is 11.8 Å². The summed E-state index contributed by atoms with van der Waals surface area (Å²) in [6.07, 6.45) is 0. The Balaban J connectivity index is 1.60. The second-order valence-corrected chi connectivity index (χ2v) is 9.01. The van der Waals surface area contributed by atoms with E-state index >= 15 is 0 Å². The highest BCUT2D eigenvalue weighted by molar-refractivity contribution is 8.00. The number of anilines is 2. The molecule has 0 bridgehead atoms. The highest BCUT2D eigenvalue weighted by atomic mass is 32.2. The van der Waals surface area contributed by atoms with Crippen LogP contribution in [0.15, 0.2) is 71.6 Å². The lowest BCUT2D eigenvalue weighted by molar-refractivity contribution is -0.115. The van der Waals surface area contributed by atoms with Crippen LogP contribution in [0.1, 0.15) is 34.6 Å². The van der Waals surface area contributed by atoms with Crippen LogP contribution < -0.4 is 20.1 Å². The van der Waals surface area contributed by atoms with Crippen LogP contribution >= 0.6 is 11.8 Å². The molecule has 3 aromatic rings. The molecule has 0 aliphatic carbocycles. The second kappa shape index (κ2) is 12.6. The summed E-state index contributed by atoms with van der Waals surface area (Å²) in [5.41, 5.74) is 2.02. The van der Waals surface area contributed by atoms with Gasteiger partial charge in [-0.05, 0) is 74.5 Å². The van der Waals surface area contributed by atoms with Gasteiger partial charge in [0.15, 0.2) is 11.5 Å². The van der Waals surface area contributed by atoms with Crippen molar-refractivity contribution in [3.05, 3.63) is 77.9 Å². The quantitative estimate of drug-likeness (QED) is 0.285. The number of rotatable bonds is 10.